The van der Waals surface area contributed by atoms with Crippen molar-refractivity contribution in [1.82, 2.24) is 25.5 Å². The Balaban J connectivity index is 1.42. The molecule has 0 spiro atoms. The number of carbonyl (C=O) groups excluding carboxylic acids is 2. The number of aromatic nitrogens is 4. The summed E-state index contributed by atoms with van der Waals surface area (Å²) < 4.78 is 6.88. The van der Waals surface area contributed by atoms with E-state index >= 15 is 0 Å². The van der Waals surface area contributed by atoms with Crippen molar-refractivity contribution in [2.24, 2.45) is 0 Å². The van der Waals surface area contributed by atoms with E-state index < -0.39 is 0 Å². The number of nitrogens with zero attached hydrogens (tertiary/aromatic N) is 4. The van der Waals surface area contributed by atoms with E-state index in [4.69, 9.17) is 4.74 Å². The van der Waals surface area contributed by atoms with Crippen LogP contribution in [-0.4, -0.2) is 58.0 Å². The highest BCUT2D eigenvalue weighted by atomic mass is 32.2. The van der Waals surface area contributed by atoms with Crippen molar-refractivity contribution in [1.29, 1.82) is 0 Å². The quantitative estimate of drug-likeness (QED) is 0.434. The van der Waals surface area contributed by atoms with Crippen LogP contribution in [0.5, 0.6) is 0 Å². The fraction of sp³-hybridized carbons (Fsp3) is 0.650. The third-order valence-electron chi connectivity index (χ3n) is 5.71. The number of hydrogen-bond acceptors (Lipinski definition) is 8. The third kappa shape index (κ3) is 5.27. The molecule has 1 saturated carbocycles. The van der Waals surface area contributed by atoms with Gasteiger partial charge in [0.15, 0.2) is 0 Å². The second kappa shape index (κ2) is 10.6. The van der Waals surface area contributed by atoms with E-state index in [2.05, 4.69) is 26.2 Å². The number of fused-ring (bicyclic) bond motifs is 1. The third-order valence-corrected chi connectivity index (χ3v) is 7.85. The van der Waals surface area contributed by atoms with Gasteiger partial charge in [-0.05, 0) is 54.5 Å². The molecule has 2 N–H and O–H groups in total. The van der Waals surface area contributed by atoms with Crippen LogP contribution in [0.15, 0.2) is 5.16 Å². The number of tetrazole rings is 1. The van der Waals surface area contributed by atoms with E-state index in [1.54, 1.807) is 7.11 Å². The summed E-state index contributed by atoms with van der Waals surface area (Å²) >= 11 is 2.86. The van der Waals surface area contributed by atoms with Gasteiger partial charge >= 0.3 is 0 Å². The lowest BCUT2D eigenvalue weighted by Gasteiger charge is -2.13. The Hall–Kier alpha value is -1.98. The van der Waals surface area contributed by atoms with Crippen molar-refractivity contribution < 1.29 is 14.3 Å². The van der Waals surface area contributed by atoms with Crippen LogP contribution in [0, 0.1) is 0 Å². The van der Waals surface area contributed by atoms with Crippen LogP contribution in [0.2, 0.25) is 0 Å². The molecule has 4 rings (SSSR count). The number of nitrogens with one attached hydrogen (secondary N) is 2. The fourth-order valence-electron chi connectivity index (χ4n) is 4.20. The number of ether oxygens (including phenoxy) is 1. The Labute approximate surface area is 189 Å². The van der Waals surface area contributed by atoms with Gasteiger partial charge in [0.25, 0.3) is 5.91 Å². The molecule has 31 heavy (non-hydrogen) atoms. The van der Waals surface area contributed by atoms with Gasteiger partial charge in [-0.2, -0.15) is 0 Å². The molecule has 2 aliphatic rings. The lowest BCUT2D eigenvalue weighted by Crippen LogP contribution is -2.29. The Morgan fingerprint density at radius 2 is 2.03 bits per heavy atom. The minimum Gasteiger partial charge on any atom is -0.383 e. The molecule has 2 heterocycles. The highest BCUT2D eigenvalue weighted by molar-refractivity contribution is 7.99. The molecule has 0 aromatic carbocycles. The first-order valence-corrected chi connectivity index (χ1v) is 12.6. The summed E-state index contributed by atoms with van der Waals surface area (Å²) in [4.78, 5) is 26.8. The molecule has 2 aliphatic carbocycles. The summed E-state index contributed by atoms with van der Waals surface area (Å²) in [6, 6.07) is 0.326. The number of aryl methyl sites for hydroxylation is 1. The molecule has 168 valence electrons. The topological polar surface area (TPSA) is 111 Å². The molecule has 2 amide bonds. The molecule has 9 nitrogen and oxygen atoms in total. The molecular weight excluding hydrogens is 436 g/mol. The van der Waals surface area contributed by atoms with Gasteiger partial charge in [0.2, 0.25) is 11.1 Å². The number of hydrogen-bond donors (Lipinski definition) is 2. The molecule has 1 fully saturated rings. The van der Waals surface area contributed by atoms with Crippen molar-refractivity contribution in [2.45, 2.75) is 62.6 Å². The molecule has 0 atom stereocenters. The summed E-state index contributed by atoms with van der Waals surface area (Å²) in [5, 5.41) is 19.2. The van der Waals surface area contributed by atoms with E-state index in [1.165, 1.54) is 40.8 Å². The van der Waals surface area contributed by atoms with E-state index in [0.29, 0.717) is 34.9 Å². The van der Waals surface area contributed by atoms with E-state index in [0.717, 1.165) is 44.1 Å². The SMILES string of the molecule is COCCNC(=O)c1c(NC(=O)CSc2nnnn2C2CCCC2)sc2c1CCCC2. The normalized spacial score (nSPS) is 16.3. The molecule has 0 aliphatic heterocycles. The zero-order chi connectivity index (χ0) is 21.6. The van der Waals surface area contributed by atoms with Crippen LogP contribution in [-0.2, 0) is 22.4 Å². The van der Waals surface area contributed by atoms with Crippen LogP contribution in [0.1, 0.15) is 65.4 Å². The van der Waals surface area contributed by atoms with Crippen molar-refractivity contribution in [3.05, 3.63) is 16.0 Å². The number of rotatable bonds is 9. The summed E-state index contributed by atoms with van der Waals surface area (Å²) in [7, 11) is 1.60. The number of thiophene rings is 1. The first-order valence-electron chi connectivity index (χ1n) is 10.8. The number of thioether (sulfide) groups is 1. The van der Waals surface area contributed by atoms with Gasteiger partial charge in [0.05, 0.1) is 24.0 Å². The first-order chi connectivity index (χ1) is 15.2. The minimum atomic E-state index is -0.157. The second-order valence-corrected chi connectivity index (χ2v) is 9.89. The standard InChI is InChI=1S/C20H28N6O3S2/c1-29-11-10-21-18(28)17-14-8-4-5-9-15(14)31-19(17)22-16(27)12-30-20-23-24-25-26(20)13-6-2-3-7-13/h13H,2-12H2,1H3,(H,21,28)(H,22,27). The lowest BCUT2D eigenvalue weighted by molar-refractivity contribution is -0.113. The summed E-state index contributed by atoms with van der Waals surface area (Å²) in [5.74, 6) is -0.111. The fourth-order valence-corrected chi connectivity index (χ4v) is 6.25. The average molecular weight is 465 g/mol. The maximum Gasteiger partial charge on any atom is 0.254 e. The minimum absolute atomic E-state index is 0.149. The van der Waals surface area contributed by atoms with E-state index in [9.17, 15) is 9.59 Å². The maximum atomic E-state index is 12.8. The van der Waals surface area contributed by atoms with Gasteiger partial charge in [-0.25, -0.2) is 4.68 Å². The molecule has 0 unspecified atom stereocenters. The van der Waals surface area contributed by atoms with Gasteiger partial charge in [-0.1, -0.05) is 24.6 Å². The molecule has 0 radical (unpaired) electrons. The van der Waals surface area contributed by atoms with Crippen molar-refractivity contribution in [2.75, 3.05) is 31.3 Å². The Kier molecular flexibility index (Phi) is 7.57. The predicted molar refractivity (Wildman–Crippen MR) is 120 cm³/mol. The molecule has 0 saturated heterocycles. The Bertz CT molecular complexity index is 922. The number of anilines is 1. The largest absolute Gasteiger partial charge is 0.383 e. The molecule has 11 heteroatoms. The number of carbonyl (C=O) groups is 2. The van der Waals surface area contributed by atoms with Gasteiger partial charge in [-0.3, -0.25) is 9.59 Å². The Morgan fingerprint density at radius 3 is 2.84 bits per heavy atom. The van der Waals surface area contributed by atoms with Crippen LogP contribution in [0.4, 0.5) is 5.00 Å². The molecule has 2 aromatic heterocycles. The highest BCUT2D eigenvalue weighted by Crippen LogP contribution is 2.38. The summed E-state index contributed by atoms with van der Waals surface area (Å²) in [6.45, 7) is 0.888. The van der Waals surface area contributed by atoms with Gasteiger partial charge < -0.3 is 15.4 Å². The summed E-state index contributed by atoms with van der Waals surface area (Å²) in [6.07, 6.45) is 8.54. The average Bonchev–Trinajstić information content (AvgIpc) is 3.51. The van der Waals surface area contributed by atoms with Gasteiger partial charge in [-0.15, -0.1) is 16.4 Å². The second-order valence-electron chi connectivity index (χ2n) is 7.84. The van der Waals surface area contributed by atoms with Gasteiger partial charge in [0.1, 0.15) is 5.00 Å². The molecule has 0 bridgehead atoms. The summed E-state index contributed by atoms with van der Waals surface area (Å²) in [5.41, 5.74) is 1.70. The van der Waals surface area contributed by atoms with E-state index in [-0.39, 0.29) is 17.6 Å². The van der Waals surface area contributed by atoms with Crippen molar-refractivity contribution in [3.8, 4) is 0 Å². The smallest absolute Gasteiger partial charge is 0.254 e. The molecule has 2 aromatic rings. The monoisotopic (exact) mass is 464 g/mol. The lowest BCUT2D eigenvalue weighted by atomic mass is 9.95. The van der Waals surface area contributed by atoms with Crippen LogP contribution < -0.4 is 10.6 Å². The number of amides is 2. The zero-order valence-corrected chi connectivity index (χ0v) is 19.3. The zero-order valence-electron chi connectivity index (χ0n) is 17.7. The van der Waals surface area contributed by atoms with Crippen molar-refractivity contribution in [3.63, 3.8) is 0 Å². The number of methoxy groups -OCH3 is 1. The predicted octanol–water partition coefficient (Wildman–Crippen LogP) is 2.84. The maximum absolute atomic E-state index is 12.8. The van der Waals surface area contributed by atoms with Crippen molar-refractivity contribution >= 4 is 39.9 Å². The van der Waals surface area contributed by atoms with Crippen LogP contribution >= 0.6 is 23.1 Å². The van der Waals surface area contributed by atoms with E-state index in [1.807, 2.05) is 4.68 Å². The Morgan fingerprint density at radius 1 is 1.23 bits per heavy atom. The molecular formula is C20H28N6O3S2. The highest BCUT2D eigenvalue weighted by Gasteiger charge is 2.27. The van der Waals surface area contributed by atoms with Crippen LogP contribution in [0.25, 0.3) is 0 Å². The van der Waals surface area contributed by atoms with Gasteiger partial charge in [0, 0.05) is 18.5 Å². The van der Waals surface area contributed by atoms with Crippen LogP contribution in [0.3, 0.4) is 0 Å². The first kappa shape index (κ1) is 22.2.